The summed E-state index contributed by atoms with van der Waals surface area (Å²) in [4.78, 5) is 19.8. The number of amides is 1. The summed E-state index contributed by atoms with van der Waals surface area (Å²) in [6.07, 6.45) is 0.329. The maximum Gasteiger partial charge on any atom is 0.410 e. The van der Waals surface area contributed by atoms with Gasteiger partial charge in [0.15, 0.2) is 0 Å². The highest BCUT2D eigenvalue weighted by molar-refractivity contribution is 5.68. The van der Waals surface area contributed by atoms with Gasteiger partial charge in [-0.05, 0) is 51.3 Å². The molecule has 2 saturated heterocycles. The summed E-state index contributed by atoms with van der Waals surface area (Å²) < 4.78 is 25.4. The molecule has 0 unspecified atom stereocenters. The molecular weight excluding hydrogens is 361 g/mol. The smallest absolute Gasteiger partial charge is 0.410 e. The molecule has 1 aromatic rings. The maximum atomic E-state index is 13.9. The Kier molecular flexibility index (Phi) is 5.92. The van der Waals surface area contributed by atoms with Gasteiger partial charge in [0.2, 0.25) is 5.69 Å². The van der Waals surface area contributed by atoms with Crippen LogP contribution in [0.4, 0.5) is 14.9 Å². The van der Waals surface area contributed by atoms with E-state index in [1.54, 1.807) is 17.9 Å². The third kappa shape index (κ3) is 4.45. The number of halogens is 1. The second-order valence-electron chi connectivity index (χ2n) is 8.45. The lowest BCUT2D eigenvalue weighted by Gasteiger charge is -2.41. The Bertz CT molecular complexity index is 784. The van der Waals surface area contributed by atoms with Crippen LogP contribution in [-0.2, 0) is 9.47 Å². The van der Waals surface area contributed by atoms with E-state index in [0.717, 1.165) is 18.5 Å². The van der Waals surface area contributed by atoms with Crippen molar-refractivity contribution in [2.45, 2.75) is 51.9 Å². The highest BCUT2D eigenvalue weighted by Gasteiger charge is 2.35. The molecule has 2 aliphatic rings. The zero-order valence-electron chi connectivity index (χ0n) is 17.0. The number of hydrogen-bond acceptors (Lipinski definition) is 4. The van der Waals surface area contributed by atoms with Crippen LogP contribution in [0.1, 0.15) is 44.4 Å². The highest BCUT2D eigenvalue weighted by atomic mass is 19.1. The average Bonchev–Trinajstić information content (AvgIpc) is 2.82. The number of ether oxygens (including phenoxy) is 2. The molecule has 2 atom stereocenters. The third-order valence-electron chi connectivity index (χ3n) is 5.31. The number of nitrogens with zero attached hydrogens (tertiary/aromatic N) is 3. The molecule has 0 aliphatic carbocycles. The molecule has 3 rings (SSSR count). The minimum atomic E-state index is -0.507. The first-order valence-corrected chi connectivity index (χ1v) is 9.69. The fraction of sp³-hybridized carbons (Fsp3) is 0.619. The van der Waals surface area contributed by atoms with Gasteiger partial charge in [0, 0.05) is 38.8 Å². The van der Waals surface area contributed by atoms with Crippen LogP contribution in [-0.4, -0.2) is 60.3 Å². The fourth-order valence-electron chi connectivity index (χ4n) is 3.87. The normalized spacial score (nSPS) is 23.5. The van der Waals surface area contributed by atoms with Gasteiger partial charge in [-0.25, -0.2) is 14.0 Å². The zero-order valence-corrected chi connectivity index (χ0v) is 17.0. The molecule has 0 N–H and O–H groups in total. The molecule has 0 saturated carbocycles. The SMILES string of the molecule is [C-]#[N+]c1c(F)ccc([C@@H]2CN3CCN(C(=O)OC(C)(C)C)C[C@H]3CCO2)c1C. The minimum Gasteiger partial charge on any atom is -0.444 e. The molecule has 0 radical (unpaired) electrons. The second-order valence-corrected chi connectivity index (χ2v) is 8.45. The summed E-state index contributed by atoms with van der Waals surface area (Å²) in [5.74, 6) is -0.492. The molecular formula is C21H28FN3O3. The van der Waals surface area contributed by atoms with Crippen LogP contribution in [0.25, 0.3) is 4.85 Å². The Balaban J connectivity index is 1.71. The van der Waals surface area contributed by atoms with Crippen molar-refractivity contribution in [3.05, 3.63) is 40.5 Å². The van der Waals surface area contributed by atoms with E-state index in [1.807, 2.05) is 20.8 Å². The third-order valence-corrected chi connectivity index (χ3v) is 5.31. The molecule has 2 aliphatic heterocycles. The van der Waals surface area contributed by atoms with Gasteiger partial charge >= 0.3 is 6.09 Å². The predicted molar refractivity (Wildman–Crippen MR) is 104 cm³/mol. The van der Waals surface area contributed by atoms with Gasteiger partial charge in [-0.2, -0.15) is 0 Å². The van der Waals surface area contributed by atoms with Gasteiger partial charge < -0.3 is 14.4 Å². The number of carbonyl (C=O) groups excluding carboxylic acids is 1. The summed E-state index contributed by atoms with van der Waals surface area (Å²) in [5.41, 5.74) is 1.07. The summed E-state index contributed by atoms with van der Waals surface area (Å²) in [5, 5.41) is 0. The first-order valence-electron chi connectivity index (χ1n) is 9.69. The van der Waals surface area contributed by atoms with Gasteiger partial charge in [-0.15, -0.1) is 0 Å². The fourth-order valence-corrected chi connectivity index (χ4v) is 3.87. The minimum absolute atomic E-state index is 0.0663. The van der Waals surface area contributed by atoms with Crippen molar-refractivity contribution in [1.29, 1.82) is 0 Å². The molecule has 2 fully saturated rings. The number of rotatable bonds is 1. The van der Waals surface area contributed by atoms with Crippen molar-refractivity contribution in [2.75, 3.05) is 32.8 Å². The topological polar surface area (TPSA) is 46.4 Å². The number of carbonyl (C=O) groups is 1. The number of fused-ring (bicyclic) bond motifs is 1. The van der Waals surface area contributed by atoms with Crippen LogP contribution in [0.3, 0.4) is 0 Å². The quantitative estimate of drug-likeness (QED) is 0.680. The first kappa shape index (κ1) is 20.6. The number of benzene rings is 1. The molecule has 1 aromatic carbocycles. The van der Waals surface area contributed by atoms with Gasteiger partial charge in [-0.1, -0.05) is 6.07 Å². The van der Waals surface area contributed by atoms with Crippen molar-refractivity contribution in [3.63, 3.8) is 0 Å². The summed E-state index contributed by atoms with van der Waals surface area (Å²) >= 11 is 0. The van der Waals surface area contributed by atoms with Crippen LogP contribution in [0.2, 0.25) is 0 Å². The Labute approximate surface area is 166 Å². The monoisotopic (exact) mass is 389 g/mol. The largest absolute Gasteiger partial charge is 0.444 e. The van der Waals surface area contributed by atoms with Gasteiger partial charge in [0.25, 0.3) is 0 Å². The Hall–Kier alpha value is -2.17. The molecule has 28 heavy (non-hydrogen) atoms. The van der Waals surface area contributed by atoms with E-state index < -0.39 is 11.4 Å². The summed E-state index contributed by atoms with van der Waals surface area (Å²) in [7, 11) is 0. The van der Waals surface area contributed by atoms with Crippen LogP contribution in [0.15, 0.2) is 12.1 Å². The first-order chi connectivity index (χ1) is 13.2. The van der Waals surface area contributed by atoms with E-state index in [0.29, 0.717) is 31.8 Å². The van der Waals surface area contributed by atoms with Crippen molar-refractivity contribution in [1.82, 2.24) is 9.80 Å². The Morgan fingerprint density at radius 1 is 1.32 bits per heavy atom. The lowest BCUT2D eigenvalue weighted by molar-refractivity contribution is 0.00193. The number of hydrogen-bond donors (Lipinski definition) is 0. The van der Waals surface area contributed by atoms with Gasteiger partial charge in [0.1, 0.15) is 11.4 Å². The molecule has 2 heterocycles. The van der Waals surface area contributed by atoms with Crippen LogP contribution in [0, 0.1) is 19.3 Å². The average molecular weight is 389 g/mol. The van der Waals surface area contributed by atoms with Crippen molar-refractivity contribution in [3.8, 4) is 0 Å². The predicted octanol–water partition coefficient (Wildman–Crippen LogP) is 4.07. The molecule has 0 aromatic heterocycles. The van der Waals surface area contributed by atoms with E-state index in [4.69, 9.17) is 16.0 Å². The van der Waals surface area contributed by atoms with Gasteiger partial charge in [-0.3, -0.25) is 4.90 Å². The molecule has 0 spiro atoms. The number of piperazine rings is 1. The summed E-state index contributed by atoms with van der Waals surface area (Å²) in [6.45, 7) is 17.8. The van der Waals surface area contributed by atoms with Crippen LogP contribution < -0.4 is 0 Å². The molecule has 152 valence electrons. The molecule has 7 heteroatoms. The van der Waals surface area contributed by atoms with Crippen molar-refractivity contribution >= 4 is 11.8 Å². The molecule has 0 bridgehead atoms. The maximum absolute atomic E-state index is 13.9. The lowest BCUT2D eigenvalue weighted by Crippen LogP contribution is -2.55. The van der Waals surface area contributed by atoms with E-state index in [1.165, 1.54) is 6.07 Å². The Morgan fingerprint density at radius 3 is 2.75 bits per heavy atom. The second kappa shape index (κ2) is 8.06. The molecule has 6 nitrogen and oxygen atoms in total. The van der Waals surface area contributed by atoms with E-state index in [-0.39, 0.29) is 23.9 Å². The van der Waals surface area contributed by atoms with E-state index in [2.05, 4.69) is 9.74 Å². The van der Waals surface area contributed by atoms with E-state index in [9.17, 15) is 9.18 Å². The van der Waals surface area contributed by atoms with Crippen molar-refractivity contribution in [2.24, 2.45) is 0 Å². The van der Waals surface area contributed by atoms with Gasteiger partial charge in [0.05, 0.1) is 12.7 Å². The van der Waals surface area contributed by atoms with E-state index >= 15 is 0 Å². The zero-order chi connectivity index (χ0) is 20.5. The van der Waals surface area contributed by atoms with Crippen LogP contribution >= 0.6 is 0 Å². The summed E-state index contributed by atoms with van der Waals surface area (Å²) in [6, 6.07) is 3.27. The van der Waals surface area contributed by atoms with Crippen molar-refractivity contribution < 1.29 is 18.7 Å². The van der Waals surface area contributed by atoms with Crippen LogP contribution in [0.5, 0.6) is 0 Å². The standard InChI is InChI=1S/C21H28FN3O3/c1-14-16(6-7-17(22)19(14)23-5)18-13-24-9-10-25(12-15(24)8-11-27-18)20(26)28-21(2,3)4/h6-7,15,18H,8-13H2,1-4H3/t15-,18+/m1/s1. The lowest BCUT2D eigenvalue weighted by atomic mass is 10.00. The molecule has 1 amide bonds. The Morgan fingerprint density at radius 2 is 2.07 bits per heavy atom. The highest BCUT2D eigenvalue weighted by Crippen LogP contribution is 2.34.